The van der Waals surface area contributed by atoms with Gasteiger partial charge in [-0.25, -0.2) is 4.98 Å². The topological polar surface area (TPSA) is 46.9 Å². The molecule has 4 nitrogen and oxygen atoms in total. The van der Waals surface area contributed by atoms with Gasteiger partial charge in [0.1, 0.15) is 0 Å². The van der Waals surface area contributed by atoms with E-state index < -0.39 is 24.2 Å². The van der Waals surface area contributed by atoms with Crippen LogP contribution in [-0.4, -0.2) is 21.2 Å². The quantitative estimate of drug-likeness (QED) is 0.473. The van der Waals surface area contributed by atoms with Crippen molar-refractivity contribution in [3.63, 3.8) is 0 Å². The first kappa shape index (κ1) is 19.2. The molecule has 27 heavy (non-hydrogen) atoms. The number of thioether (sulfide) groups is 1. The zero-order chi connectivity index (χ0) is 19.6. The maximum Gasteiger partial charge on any atom is 0.416 e. The number of aromatic nitrogens is 2. The van der Waals surface area contributed by atoms with Crippen LogP contribution in [0.15, 0.2) is 53.7 Å². The molecule has 0 aliphatic rings. The summed E-state index contributed by atoms with van der Waals surface area (Å²) >= 11 is 0.816. The monoisotopic (exact) mass is 401 g/mol. The molecule has 0 saturated carbocycles. The normalized spacial score (nSPS) is 11.9. The zero-order valence-corrected chi connectivity index (χ0v) is 14.3. The molecule has 0 bridgehead atoms. The first-order valence-electron chi connectivity index (χ1n) is 7.61. The molecule has 0 unspecified atom stereocenters. The lowest BCUT2D eigenvalue weighted by atomic mass is 10.2. The van der Waals surface area contributed by atoms with E-state index in [0.29, 0.717) is 5.52 Å². The summed E-state index contributed by atoms with van der Waals surface area (Å²) in [7, 11) is 0. The highest BCUT2D eigenvalue weighted by Crippen LogP contribution is 2.31. The summed E-state index contributed by atoms with van der Waals surface area (Å²) in [5.41, 5.74) is -0.0296. The smallest absolute Gasteiger partial charge is 0.325 e. The lowest BCUT2D eigenvalue weighted by Crippen LogP contribution is -2.15. The minimum atomic E-state index is -4.47. The van der Waals surface area contributed by atoms with Crippen LogP contribution in [0.5, 0.6) is 0 Å². The Balaban J connectivity index is 1.67. The van der Waals surface area contributed by atoms with Crippen molar-refractivity contribution >= 4 is 34.4 Å². The Bertz CT molecular complexity index is 953. The van der Waals surface area contributed by atoms with E-state index in [9.17, 15) is 26.7 Å². The van der Waals surface area contributed by atoms with Crippen LogP contribution < -0.4 is 5.32 Å². The zero-order valence-electron chi connectivity index (χ0n) is 13.5. The molecule has 142 valence electrons. The van der Waals surface area contributed by atoms with E-state index in [1.54, 1.807) is 18.2 Å². The number of alkyl halides is 5. The number of amides is 1. The summed E-state index contributed by atoms with van der Waals surface area (Å²) in [6, 6.07) is 10.3. The summed E-state index contributed by atoms with van der Waals surface area (Å²) in [5.74, 6) is -0.774. The van der Waals surface area contributed by atoms with Crippen LogP contribution in [-0.2, 0) is 11.0 Å². The van der Waals surface area contributed by atoms with E-state index in [0.717, 1.165) is 40.6 Å². The van der Waals surface area contributed by atoms with Crippen molar-refractivity contribution in [1.29, 1.82) is 0 Å². The minimum absolute atomic E-state index is 0.0197. The molecule has 0 saturated heterocycles. The van der Waals surface area contributed by atoms with Crippen LogP contribution in [0.4, 0.5) is 27.6 Å². The van der Waals surface area contributed by atoms with Crippen molar-refractivity contribution in [2.45, 2.75) is 17.9 Å². The molecule has 1 heterocycles. The maximum absolute atomic E-state index is 13.3. The van der Waals surface area contributed by atoms with Crippen LogP contribution in [0.2, 0.25) is 0 Å². The molecule has 3 aromatic rings. The third-order valence-electron chi connectivity index (χ3n) is 3.59. The van der Waals surface area contributed by atoms with Gasteiger partial charge < -0.3 is 5.32 Å². The SMILES string of the molecule is O=C(CSc1nc2ccccc2n1C(F)F)Nc1ccc(C(F)(F)F)cc1. The van der Waals surface area contributed by atoms with Crippen LogP contribution in [0, 0.1) is 0 Å². The molecule has 0 radical (unpaired) electrons. The Morgan fingerprint density at radius 3 is 2.41 bits per heavy atom. The molecule has 2 aromatic carbocycles. The van der Waals surface area contributed by atoms with Gasteiger partial charge in [-0.1, -0.05) is 23.9 Å². The summed E-state index contributed by atoms with van der Waals surface area (Å²) in [6.07, 6.45) is -4.47. The molecule has 10 heteroatoms. The lowest BCUT2D eigenvalue weighted by molar-refractivity contribution is -0.137. The summed E-state index contributed by atoms with van der Waals surface area (Å²) < 4.78 is 64.9. The van der Waals surface area contributed by atoms with Crippen molar-refractivity contribution in [3.8, 4) is 0 Å². The molecule has 1 aromatic heterocycles. The second kappa shape index (κ2) is 7.55. The van der Waals surface area contributed by atoms with Crippen molar-refractivity contribution in [2.24, 2.45) is 0 Å². The van der Waals surface area contributed by atoms with E-state index in [1.165, 1.54) is 6.07 Å². The Hall–Kier alpha value is -2.62. The highest BCUT2D eigenvalue weighted by molar-refractivity contribution is 7.99. The third kappa shape index (κ3) is 4.38. The molecular weight excluding hydrogens is 389 g/mol. The van der Waals surface area contributed by atoms with Gasteiger partial charge in [-0.2, -0.15) is 22.0 Å². The fourth-order valence-electron chi connectivity index (χ4n) is 2.38. The predicted molar refractivity (Wildman–Crippen MR) is 91.8 cm³/mol. The average Bonchev–Trinajstić information content (AvgIpc) is 2.98. The summed E-state index contributed by atoms with van der Waals surface area (Å²) in [6.45, 7) is -2.82. The number of nitrogens with zero attached hydrogens (tertiary/aromatic N) is 2. The fourth-order valence-corrected chi connectivity index (χ4v) is 3.19. The van der Waals surface area contributed by atoms with Crippen LogP contribution >= 0.6 is 11.8 Å². The number of fused-ring (bicyclic) bond motifs is 1. The Morgan fingerprint density at radius 1 is 1.11 bits per heavy atom. The molecular formula is C17H12F5N3OS. The average molecular weight is 401 g/mol. The largest absolute Gasteiger partial charge is 0.416 e. The number of nitrogens with one attached hydrogen (secondary N) is 1. The second-order valence-electron chi connectivity index (χ2n) is 5.44. The molecule has 1 N–H and O–H groups in total. The van der Waals surface area contributed by atoms with Crippen molar-refractivity contribution in [3.05, 3.63) is 54.1 Å². The van der Waals surface area contributed by atoms with Gasteiger partial charge in [0.2, 0.25) is 5.91 Å². The van der Waals surface area contributed by atoms with E-state index in [1.807, 2.05) is 0 Å². The van der Waals surface area contributed by atoms with Crippen molar-refractivity contribution in [2.75, 3.05) is 11.1 Å². The van der Waals surface area contributed by atoms with Gasteiger partial charge in [0.25, 0.3) is 0 Å². The van der Waals surface area contributed by atoms with Crippen LogP contribution in [0.25, 0.3) is 11.0 Å². The molecule has 0 aliphatic heterocycles. The number of rotatable bonds is 5. The molecule has 0 spiro atoms. The highest BCUT2D eigenvalue weighted by Gasteiger charge is 2.30. The first-order chi connectivity index (χ1) is 12.8. The number of benzene rings is 2. The predicted octanol–water partition coefficient (Wildman–Crippen LogP) is 5.18. The lowest BCUT2D eigenvalue weighted by Gasteiger charge is -2.09. The van der Waals surface area contributed by atoms with E-state index >= 15 is 0 Å². The number of carbonyl (C=O) groups is 1. The molecule has 0 fully saturated rings. The molecule has 3 rings (SSSR count). The summed E-state index contributed by atoms with van der Waals surface area (Å²) in [5, 5.41) is 2.40. The number of halogens is 5. The van der Waals surface area contributed by atoms with E-state index in [-0.39, 0.29) is 22.1 Å². The first-order valence-corrected chi connectivity index (χ1v) is 8.59. The number of anilines is 1. The number of hydrogen-bond acceptors (Lipinski definition) is 3. The van der Waals surface area contributed by atoms with E-state index in [2.05, 4.69) is 10.3 Å². The van der Waals surface area contributed by atoms with E-state index in [4.69, 9.17) is 0 Å². The number of carbonyl (C=O) groups excluding carboxylic acids is 1. The van der Waals surface area contributed by atoms with Crippen LogP contribution in [0.3, 0.4) is 0 Å². The van der Waals surface area contributed by atoms with Crippen LogP contribution in [0.1, 0.15) is 12.1 Å². The van der Waals surface area contributed by atoms with Gasteiger partial charge in [-0.15, -0.1) is 0 Å². The second-order valence-corrected chi connectivity index (χ2v) is 6.39. The van der Waals surface area contributed by atoms with Gasteiger partial charge in [-0.3, -0.25) is 9.36 Å². The van der Waals surface area contributed by atoms with Gasteiger partial charge in [0.15, 0.2) is 5.16 Å². The maximum atomic E-state index is 13.3. The Labute approximate surface area is 154 Å². The Morgan fingerprint density at radius 2 is 1.78 bits per heavy atom. The minimum Gasteiger partial charge on any atom is -0.325 e. The number of imidazole rings is 1. The van der Waals surface area contributed by atoms with Gasteiger partial charge in [-0.05, 0) is 36.4 Å². The standard InChI is InChI=1S/C17H12F5N3OS/c18-15(19)25-13-4-2-1-3-12(13)24-16(25)27-9-14(26)23-11-7-5-10(6-8-11)17(20,21)22/h1-8,15H,9H2,(H,23,26). The molecule has 1 amide bonds. The fraction of sp³-hybridized carbons (Fsp3) is 0.176. The number of hydrogen-bond donors (Lipinski definition) is 1. The third-order valence-corrected chi connectivity index (χ3v) is 4.54. The van der Waals surface area contributed by atoms with Crippen molar-refractivity contribution < 1.29 is 26.7 Å². The van der Waals surface area contributed by atoms with Gasteiger partial charge in [0.05, 0.1) is 22.3 Å². The van der Waals surface area contributed by atoms with Gasteiger partial charge in [0, 0.05) is 5.69 Å². The highest BCUT2D eigenvalue weighted by atomic mass is 32.2. The molecule has 0 aliphatic carbocycles. The Kier molecular flexibility index (Phi) is 5.36. The summed E-state index contributed by atoms with van der Waals surface area (Å²) in [4.78, 5) is 16.1. The number of para-hydroxylation sites is 2. The van der Waals surface area contributed by atoms with Crippen molar-refractivity contribution in [1.82, 2.24) is 9.55 Å². The molecule has 0 atom stereocenters. The van der Waals surface area contributed by atoms with Gasteiger partial charge >= 0.3 is 12.7 Å².